The maximum Gasteiger partial charge on any atom is 0.320 e. The molecule has 0 saturated carbocycles. The summed E-state index contributed by atoms with van der Waals surface area (Å²) in [6.07, 6.45) is 2.73. The zero-order valence-corrected chi connectivity index (χ0v) is 11.4. The van der Waals surface area contributed by atoms with Gasteiger partial charge in [-0.25, -0.2) is 0 Å². The highest BCUT2D eigenvalue weighted by molar-refractivity contribution is 6.34. The molecule has 0 bridgehead atoms. The summed E-state index contributed by atoms with van der Waals surface area (Å²) in [5.41, 5.74) is 0.959. The fraction of sp³-hybridized carbons (Fsp3) is 0.462. The van der Waals surface area contributed by atoms with E-state index in [9.17, 15) is 9.90 Å². The normalized spacial score (nSPS) is 20.9. The molecule has 1 aliphatic heterocycles. The second-order valence-electron chi connectivity index (χ2n) is 4.60. The number of hydrogen-bond acceptors (Lipinski definition) is 2. The Labute approximate surface area is 116 Å². The van der Waals surface area contributed by atoms with Gasteiger partial charge >= 0.3 is 5.97 Å². The van der Waals surface area contributed by atoms with E-state index < -0.39 is 12.0 Å². The van der Waals surface area contributed by atoms with Gasteiger partial charge < -0.3 is 5.11 Å². The zero-order valence-electron chi connectivity index (χ0n) is 9.90. The van der Waals surface area contributed by atoms with Crippen LogP contribution in [-0.4, -0.2) is 28.6 Å². The molecule has 0 aliphatic carbocycles. The third-order valence-corrected chi connectivity index (χ3v) is 3.64. The van der Waals surface area contributed by atoms with Gasteiger partial charge in [-0.05, 0) is 43.1 Å². The summed E-state index contributed by atoms with van der Waals surface area (Å²) in [6, 6.07) is 4.95. The maximum atomic E-state index is 11.2. The lowest BCUT2D eigenvalue weighted by molar-refractivity contribution is -0.144. The Morgan fingerprint density at radius 2 is 1.94 bits per heavy atom. The number of hydrogen-bond donors (Lipinski definition) is 1. The molecule has 98 valence electrons. The predicted molar refractivity (Wildman–Crippen MR) is 72.1 cm³/mol. The average Bonchev–Trinajstić information content (AvgIpc) is 2.27. The Hall–Kier alpha value is -0.770. The van der Waals surface area contributed by atoms with Crippen LogP contribution in [-0.2, 0) is 11.3 Å². The molecule has 1 unspecified atom stereocenters. The van der Waals surface area contributed by atoms with Gasteiger partial charge in [0, 0.05) is 16.6 Å². The van der Waals surface area contributed by atoms with Crippen molar-refractivity contribution in [3.05, 3.63) is 33.8 Å². The fourth-order valence-electron chi connectivity index (χ4n) is 2.40. The van der Waals surface area contributed by atoms with Crippen molar-refractivity contribution in [3.63, 3.8) is 0 Å². The quantitative estimate of drug-likeness (QED) is 0.926. The van der Waals surface area contributed by atoms with Crippen molar-refractivity contribution in [2.24, 2.45) is 0 Å². The molecule has 0 radical (unpaired) electrons. The number of carboxylic acid groups (broad SMARTS) is 1. The highest BCUT2D eigenvalue weighted by Gasteiger charge is 2.28. The van der Waals surface area contributed by atoms with E-state index in [1.165, 1.54) is 0 Å². The number of carboxylic acids is 1. The van der Waals surface area contributed by atoms with E-state index in [-0.39, 0.29) is 0 Å². The SMILES string of the molecule is O=C(O)C1CCCCN1Cc1cc(Cl)cc(Cl)c1. The van der Waals surface area contributed by atoms with Crippen LogP contribution in [0.2, 0.25) is 10.0 Å². The molecular formula is C13H15Cl2NO2. The van der Waals surface area contributed by atoms with Crippen molar-refractivity contribution in [1.29, 1.82) is 0 Å². The predicted octanol–water partition coefficient (Wildman–Crippen LogP) is 3.43. The summed E-state index contributed by atoms with van der Waals surface area (Å²) in [6.45, 7) is 1.39. The van der Waals surface area contributed by atoms with Crippen LogP contribution < -0.4 is 0 Å². The Morgan fingerprint density at radius 1 is 1.28 bits per heavy atom. The van der Waals surface area contributed by atoms with Gasteiger partial charge in [0.25, 0.3) is 0 Å². The summed E-state index contributed by atoms with van der Waals surface area (Å²) in [7, 11) is 0. The van der Waals surface area contributed by atoms with Gasteiger partial charge in [0.2, 0.25) is 0 Å². The van der Waals surface area contributed by atoms with Crippen LogP contribution in [0.5, 0.6) is 0 Å². The lowest BCUT2D eigenvalue weighted by Crippen LogP contribution is -2.43. The molecule has 1 aromatic carbocycles. The molecule has 0 amide bonds. The first-order chi connectivity index (χ1) is 8.56. The highest BCUT2D eigenvalue weighted by Crippen LogP contribution is 2.24. The van der Waals surface area contributed by atoms with E-state index in [2.05, 4.69) is 0 Å². The lowest BCUT2D eigenvalue weighted by Gasteiger charge is -2.32. The number of carbonyl (C=O) groups is 1. The molecule has 1 heterocycles. The van der Waals surface area contributed by atoms with Gasteiger partial charge in [-0.2, -0.15) is 0 Å². The van der Waals surface area contributed by atoms with Crippen LogP contribution in [0, 0.1) is 0 Å². The van der Waals surface area contributed by atoms with Crippen molar-refractivity contribution in [2.45, 2.75) is 31.8 Å². The number of halogens is 2. The number of nitrogens with zero attached hydrogens (tertiary/aromatic N) is 1. The molecule has 1 saturated heterocycles. The number of aliphatic carboxylic acids is 1. The molecule has 1 atom stereocenters. The second-order valence-corrected chi connectivity index (χ2v) is 5.47. The molecule has 18 heavy (non-hydrogen) atoms. The summed E-state index contributed by atoms with van der Waals surface area (Å²) in [4.78, 5) is 13.2. The monoisotopic (exact) mass is 287 g/mol. The second kappa shape index (κ2) is 5.91. The maximum absolute atomic E-state index is 11.2. The van der Waals surface area contributed by atoms with Crippen LogP contribution in [0.15, 0.2) is 18.2 Å². The van der Waals surface area contributed by atoms with Gasteiger partial charge in [-0.1, -0.05) is 29.6 Å². The number of likely N-dealkylation sites (tertiary alicyclic amines) is 1. The van der Waals surface area contributed by atoms with Crippen molar-refractivity contribution in [3.8, 4) is 0 Å². The van der Waals surface area contributed by atoms with Gasteiger partial charge in [0.1, 0.15) is 6.04 Å². The molecule has 2 rings (SSSR count). The van der Waals surface area contributed by atoms with E-state index in [0.717, 1.165) is 24.9 Å². The Kier molecular flexibility index (Phi) is 4.49. The van der Waals surface area contributed by atoms with Crippen molar-refractivity contribution < 1.29 is 9.90 Å². The minimum absolute atomic E-state index is 0.392. The Balaban J connectivity index is 2.13. The van der Waals surface area contributed by atoms with Crippen LogP contribution in [0.25, 0.3) is 0 Å². The van der Waals surface area contributed by atoms with Crippen LogP contribution in [0.1, 0.15) is 24.8 Å². The van der Waals surface area contributed by atoms with E-state index in [1.54, 1.807) is 6.07 Å². The first kappa shape index (κ1) is 13.7. The summed E-state index contributed by atoms with van der Waals surface area (Å²) in [5.74, 6) is -0.747. The van der Waals surface area contributed by atoms with E-state index in [4.69, 9.17) is 23.2 Å². The van der Waals surface area contributed by atoms with Crippen molar-refractivity contribution in [2.75, 3.05) is 6.54 Å². The van der Waals surface area contributed by atoms with E-state index in [0.29, 0.717) is 23.0 Å². The molecule has 1 aromatic rings. The van der Waals surface area contributed by atoms with Crippen LogP contribution in [0.3, 0.4) is 0 Å². The minimum Gasteiger partial charge on any atom is -0.480 e. The summed E-state index contributed by atoms with van der Waals surface area (Å²) in [5, 5.41) is 10.4. The number of piperidine rings is 1. The number of rotatable bonds is 3. The molecule has 1 aliphatic rings. The Bertz CT molecular complexity index is 430. The van der Waals surface area contributed by atoms with E-state index in [1.807, 2.05) is 17.0 Å². The first-order valence-electron chi connectivity index (χ1n) is 5.98. The smallest absolute Gasteiger partial charge is 0.320 e. The molecule has 0 aromatic heterocycles. The van der Waals surface area contributed by atoms with Gasteiger partial charge in [-0.3, -0.25) is 9.69 Å². The average molecular weight is 288 g/mol. The topological polar surface area (TPSA) is 40.5 Å². The fourth-order valence-corrected chi connectivity index (χ4v) is 2.97. The highest BCUT2D eigenvalue weighted by atomic mass is 35.5. The van der Waals surface area contributed by atoms with Crippen molar-refractivity contribution in [1.82, 2.24) is 4.90 Å². The third-order valence-electron chi connectivity index (χ3n) is 3.21. The van der Waals surface area contributed by atoms with Crippen molar-refractivity contribution >= 4 is 29.2 Å². The largest absolute Gasteiger partial charge is 0.480 e. The summed E-state index contributed by atoms with van der Waals surface area (Å²) >= 11 is 11.9. The van der Waals surface area contributed by atoms with Gasteiger partial charge in [0.15, 0.2) is 0 Å². The molecule has 0 spiro atoms. The third kappa shape index (κ3) is 3.37. The molecule has 5 heteroatoms. The number of benzene rings is 1. The molecule has 1 fully saturated rings. The summed E-state index contributed by atoms with van der Waals surface area (Å²) < 4.78 is 0. The minimum atomic E-state index is -0.747. The van der Waals surface area contributed by atoms with Crippen LogP contribution >= 0.6 is 23.2 Å². The Morgan fingerprint density at radius 3 is 2.56 bits per heavy atom. The lowest BCUT2D eigenvalue weighted by atomic mass is 10.0. The molecule has 1 N–H and O–H groups in total. The van der Waals surface area contributed by atoms with E-state index >= 15 is 0 Å². The molecule has 3 nitrogen and oxygen atoms in total. The first-order valence-corrected chi connectivity index (χ1v) is 6.73. The van der Waals surface area contributed by atoms with Crippen LogP contribution in [0.4, 0.5) is 0 Å². The van der Waals surface area contributed by atoms with Gasteiger partial charge in [-0.15, -0.1) is 0 Å². The van der Waals surface area contributed by atoms with Gasteiger partial charge in [0.05, 0.1) is 0 Å². The standard InChI is InChI=1S/C13H15Cl2NO2/c14-10-5-9(6-11(15)7-10)8-16-4-2-1-3-12(16)13(17)18/h5-7,12H,1-4,8H2,(H,17,18). The molecular weight excluding hydrogens is 273 g/mol. The zero-order chi connectivity index (χ0) is 13.1.